The van der Waals surface area contributed by atoms with Crippen molar-refractivity contribution in [2.24, 2.45) is 5.92 Å². The third-order valence-corrected chi connectivity index (χ3v) is 2.60. The summed E-state index contributed by atoms with van der Waals surface area (Å²) in [4.78, 5) is 34.2. The predicted molar refractivity (Wildman–Crippen MR) is 64.3 cm³/mol. The molecule has 0 spiro atoms. The highest BCUT2D eigenvalue weighted by molar-refractivity contribution is 5.86. The third-order valence-electron chi connectivity index (χ3n) is 2.60. The fourth-order valence-corrected chi connectivity index (χ4v) is 1.31. The molecule has 0 heterocycles. The van der Waals surface area contributed by atoms with Gasteiger partial charge in [0.1, 0.15) is 6.04 Å². The first kappa shape index (κ1) is 16.2. The lowest BCUT2D eigenvalue weighted by Crippen LogP contribution is -2.48. The zero-order valence-electron chi connectivity index (χ0n) is 10.8. The van der Waals surface area contributed by atoms with Crippen LogP contribution >= 0.6 is 0 Å². The molecule has 7 nitrogen and oxygen atoms in total. The number of nitrogens with zero attached hydrogens (tertiary/aromatic N) is 1. The van der Waals surface area contributed by atoms with Crippen molar-refractivity contribution >= 4 is 18.0 Å². The molecule has 0 saturated carbocycles. The highest BCUT2D eigenvalue weighted by Gasteiger charge is 2.24. The molecule has 0 radical (unpaired) electrons. The average molecular weight is 260 g/mol. The first-order valence-corrected chi connectivity index (χ1v) is 5.74. The largest absolute Gasteiger partial charge is 0.481 e. The van der Waals surface area contributed by atoms with Crippen LogP contribution in [0, 0.1) is 5.92 Å². The normalized spacial score (nSPS) is 13.5. The van der Waals surface area contributed by atoms with E-state index in [0.29, 0.717) is 12.5 Å². The van der Waals surface area contributed by atoms with E-state index in [4.69, 9.17) is 10.2 Å². The van der Waals surface area contributed by atoms with E-state index in [1.807, 2.05) is 13.8 Å². The molecule has 0 aliphatic rings. The van der Waals surface area contributed by atoms with Crippen LogP contribution in [0.5, 0.6) is 0 Å². The Hall–Kier alpha value is -1.79. The van der Waals surface area contributed by atoms with Gasteiger partial charge in [0.05, 0.1) is 6.42 Å². The zero-order valence-corrected chi connectivity index (χ0v) is 10.8. The lowest BCUT2D eigenvalue weighted by Gasteiger charge is -2.23. The number of hydrogen-bond acceptors (Lipinski definition) is 3. The van der Waals surface area contributed by atoms with Gasteiger partial charge in [0, 0.05) is 13.6 Å². The van der Waals surface area contributed by atoms with Crippen LogP contribution in [-0.4, -0.2) is 52.7 Å². The fourth-order valence-electron chi connectivity index (χ4n) is 1.31. The fraction of sp³-hybridized carbons (Fsp3) is 0.727. The molecule has 0 aromatic rings. The maximum atomic E-state index is 11.6. The number of rotatable bonds is 7. The number of carboxylic acid groups (broad SMARTS) is 2. The number of hydrogen-bond donors (Lipinski definition) is 3. The molecule has 0 aromatic carbocycles. The van der Waals surface area contributed by atoms with Crippen molar-refractivity contribution in [3.63, 3.8) is 0 Å². The van der Waals surface area contributed by atoms with E-state index in [0.717, 1.165) is 6.42 Å². The minimum absolute atomic E-state index is 0.295. The van der Waals surface area contributed by atoms with Crippen LogP contribution in [0.3, 0.4) is 0 Å². The van der Waals surface area contributed by atoms with Gasteiger partial charge in [0.15, 0.2) is 0 Å². The first-order chi connectivity index (χ1) is 8.27. The summed E-state index contributed by atoms with van der Waals surface area (Å²) in [6.45, 7) is 4.44. The average Bonchev–Trinajstić information content (AvgIpc) is 2.26. The van der Waals surface area contributed by atoms with Gasteiger partial charge in [-0.1, -0.05) is 20.3 Å². The summed E-state index contributed by atoms with van der Waals surface area (Å²) < 4.78 is 0. The molecule has 18 heavy (non-hydrogen) atoms. The number of aliphatic carboxylic acids is 2. The molecule has 2 unspecified atom stereocenters. The van der Waals surface area contributed by atoms with E-state index >= 15 is 0 Å². The predicted octanol–water partition coefficient (Wildman–Crippen LogP) is 0.602. The Morgan fingerprint density at radius 3 is 2.22 bits per heavy atom. The van der Waals surface area contributed by atoms with Crippen molar-refractivity contribution in [3.05, 3.63) is 0 Å². The van der Waals surface area contributed by atoms with Gasteiger partial charge in [0.25, 0.3) is 0 Å². The Bertz CT molecular complexity index is 319. The topological polar surface area (TPSA) is 107 Å². The van der Waals surface area contributed by atoms with E-state index in [1.165, 1.54) is 4.90 Å². The summed E-state index contributed by atoms with van der Waals surface area (Å²) in [5.74, 6) is -2.33. The molecule has 2 atom stereocenters. The van der Waals surface area contributed by atoms with Gasteiger partial charge < -0.3 is 20.4 Å². The lowest BCUT2D eigenvalue weighted by molar-refractivity contribution is -0.145. The molecule has 7 heteroatoms. The SMILES string of the molecule is CCC(C)CN(C)C(=O)NC(CC(=O)O)C(=O)O. The molecule has 3 N–H and O–H groups in total. The highest BCUT2D eigenvalue weighted by Crippen LogP contribution is 2.03. The third kappa shape index (κ3) is 6.07. The van der Waals surface area contributed by atoms with Crippen molar-refractivity contribution in [1.82, 2.24) is 10.2 Å². The number of nitrogens with one attached hydrogen (secondary N) is 1. The van der Waals surface area contributed by atoms with Gasteiger partial charge in [-0.2, -0.15) is 0 Å². The van der Waals surface area contributed by atoms with Crippen LogP contribution in [-0.2, 0) is 9.59 Å². The highest BCUT2D eigenvalue weighted by atomic mass is 16.4. The summed E-state index contributed by atoms with van der Waals surface area (Å²) in [7, 11) is 1.54. The Morgan fingerprint density at radius 1 is 1.28 bits per heavy atom. The van der Waals surface area contributed by atoms with Crippen molar-refractivity contribution in [2.75, 3.05) is 13.6 Å². The lowest BCUT2D eigenvalue weighted by atomic mass is 10.1. The van der Waals surface area contributed by atoms with Gasteiger partial charge in [-0.3, -0.25) is 4.79 Å². The number of carbonyl (C=O) groups excluding carboxylic acids is 1. The molecular weight excluding hydrogens is 240 g/mol. The van der Waals surface area contributed by atoms with Gasteiger partial charge in [-0.15, -0.1) is 0 Å². The summed E-state index contributed by atoms with van der Waals surface area (Å²) in [6, 6.07) is -1.99. The van der Waals surface area contributed by atoms with Gasteiger partial charge in [0.2, 0.25) is 0 Å². The van der Waals surface area contributed by atoms with Crippen LogP contribution in [0.4, 0.5) is 4.79 Å². The van der Waals surface area contributed by atoms with Gasteiger partial charge in [-0.05, 0) is 5.92 Å². The second kappa shape index (κ2) is 7.52. The van der Waals surface area contributed by atoms with Crippen LogP contribution < -0.4 is 5.32 Å². The molecule has 0 aliphatic heterocycles. The maximum Gasteiger partial charge on any atom is 0.326 e. The minimum atomic E-state index is -1.41. The smallest absolute Gasteiger partial charge is 0.326 e. The Kier molecular flexibility index (Phi) is 6.77. The monoisotopic (exact) mass is 260 g/mol. The van der Waals surface area contributed by atoms with Gasteiger partial charge in [-0.25, -0.2) is 9.59 Å². The molecule has 0 aliphatic carbocycles. The van der Waals surface area contributed by atoms with Crippen molar-refractivity contribution in [3.8, 4) is 0 Å². The maximum absolute atomic E-state index is 11.6. The molecule has 0 aromatic heterocycles. The first-order valence-electron chi connectivity index (χ1n) is 5.74. The van der Waals surface area contributed by atoms with E-state index in [1.54, 1.807) is 7.05 Å². The molecular formula is C11H20N2O5. The number of carbonyl (C=O) groups is 3. The molecule has 0 saturated heterocycles. The van der Waals surface area contributed by atoms with Crippen molar-refractivity contribution in [2.45, 2.75) is 32.7 Å². The second-order valence-corrected chi connectivity index (χ2v) is 4.33. The van der Waals surface area contributed by atoms with Crippen LogP contribution in [0.2, 0.25) is 0 Å². The summed E-state index contributed by atoms with van der Waals surface area (Å²) in [6.07, 6.45) is 0.257. The zero-order chi connectivity index (χ0) is 14.3. The minimum Gasteiger partial charge on any atom is -0.481 e. The molecule has 2 amide bonds. The number of urea groups is 1. The standard InChI is InChI=1S/C11H20N2O5/c1-4-7(2)6-13(3)11(18)12-8(10(16)17)5-9(14)15/h7-8H,4-6H2,1-3H3,(H,12,18)(H,14,15)(H,16,17). The van der Waals surface area contributed by atoms with Crippen molar-refractivity contribution < 1.29 is 24.6 Å². The Balaban J connectivity index is 4.41. The molecule has 0 bridgehead atoms. The van der Waals surface area contributed by atoms with Crippen LogP contribution in [0.1, 0.15) is 26.7 Å². The summed E-state index contributed by atoms with van der Waals surface area (Å²) in [5, 5.41) is 19.5. The Labute approximate surface area is 106 Å². The molecule has 0 fully saturated rings. The van der Waals surface area contributed by atoms with E-state index in [-0.39, 0.29) is 0 Å². The van der Waals surface area contributed by atoms with E-state index < -0.39 is 30.4 Å². The summed E-state index contributed by atoms with van der Waals surface area (Å²) in [5.41, 5.74) is 0. The van der Waals surface area contributed by atoms with Crippen molar-refractivity contribution in [1.29, 1.82) is 0 Å². The Morgan fingerprint density at radius 2 is 1.83 bits per heavy atom. The van der Waals surface area contributed by atoms with E-state index in [2.05, 4.69) is 5.32 Å². The number of carboxylic acids is 2. The quantitative estimate of drug-likeness (QED) is 0.621. The van der Waals surface area contributed by atoms with Gasteiger partial charge >= 0.3 is 18.0 Å². The molecule has 104 valence electrons. The molecule has 0 rings (SSSR count). The number of amides is 2. The summed E-state index contributed by atoms with van der Waals surface area (Å²) >= 11 is 0. The second-order valence-electron chi connectivity index (χ2n) is 4.33. The van der Waals surface area contributed by atoms with E-state index in [9.17, 15) is 14.4 Å². The van der Waals surface area contributed by atoms with Crippen LogP contribution in [0.25, 0.3) is 0 Å². The van der Waals surface area contributed by atoms with Crippen LogP contribution in [0.15, 0.2) is 0 Å².